The van der Waals surface area contributed by atoms with Crippen LogP contribution in [0.2, 0.25) is 0 Å². The fraction of sp³-hybridized carbons (Fsp3) is 0.200. The van der Waals surface area contributed by atoms with Gasteiger partial charge in [0.25, 0.3) is 0 Å². The van der Waals surface area contributed by atoms with Crippen LogP contribution in [0.1, 0.15) is 0 Å². The molecule has 1 aromatic heterocycles. The van der Waals surface area contributed by atoms with Gasteiger partial charge in [-0.05, 0) is 6.07 Å². The number of hydrogen-bond acceptors (Lipinski definition) is 1. The lowest BCUT2D eigenvalue weighted by molar-refractivity contribution is -0.606. The second-order valence-electron chi connectivity index (χ2n) is 1.68. The highest BCUT2D eigenvalue weighted by Crippen LogP contribution is 1.96. The molecule has 0 aliphatic carbocycles. The highest BCUT2D eigenvalue weighted by Gasteiger charge is 2.02. The van der Waals surface area contributed by atoms with Crippen LogP contribution in [0.5, 0.6) is 0 Å². The normalized spacial score (nSPS) is 9.56. The predicted octanol–water partition coefficient (Wildman–Crippen LogP) is 0.702. The van der Waals surface area contributed by atoms with E-state index in [9.17, 15) is 4.91 Å². The molecule has 0 saturated heterocycles. The minimum atomic E-state index is 0.521. The molecule has 0 atom stereocenters. The Kier molecular flexibility index (Phi) is 1.66. The fourth-order valence-electron chi connectivity index (χ4n) is 0.522. The highest BCUT2D eigenvalue weighted by molar-refractivity contribution is 9.10. The first kappa shape index (κ1) is 6.48. The number of hydrogen-bond donors (Lipinski definition) is 0. The molecule has 0 aliphatic heterocycles. The van der Waals surface area contributed by atoms with Crippen LogP contribution in [0, 0.1) is 4.91 Å². The topological polar surface area (TPSA) is 27.9 Å². The van der Waals surface area contributed by atoms with Crippen LogP contribution in [-0.4, -0.2) is 4.68 Å². The summed E-state index contributed by atoms with van der Waals surface area (Å²) in [6.07, 6.45) is 1.68. The summed E-state index contributed by atoms with van der Waals surface area (Å²) in [6.45, 7) is 0. The van der Waals surface area contributed by atoms with Crippen LogP contribution < -0.4 is 4.54 Å². The lowest BCUT2D eigenvalue weighted by Gasteiger charge is -1.82. The Labute approximate surface area is 60.6 Å². The lowest BCUT2D eigenvalue weighted by atomic mass is 10.6. The van der Waals surface area contributed by atoms with Crippen molar-refractivity contribution in [3.8, 4) is 0 Å². The molecular weight excluding hydrogens is 184 g/mol. The number of nitrogens with zero attached hydrogens (tertiary/aromatic N) is 2. The minimum absolute atomic E-state index is 0.521. The molecule has 0 bridgehead atoms. The molecule has 0 N–H and O–H groups in total. The van der Waals surface area contributed by atoms with Crippen LogP contribution >= 0.6 is 15.9 Å². The molecular formula is C5H6BrN2O+. The summed E-state index contributed by atoms with van der Waals surface area (Å²) in [5.41, 5.74) is 0. The Balaban J connectivity index is 3.43. The zero-order valence-corrected chi connectivity index (χ0v) is 6.50. The van der Waals surface area contributed by atoms with Crippen molar-refractivity contribution in [1.82, 2.24) is 4.68 Å². The van der Waals surface area contributed by atoms with E-state index in [0.29, 0.717) is 4.60 Å². The summed E-state index contributed by atoms with van der Waals surface area (Å²) in [6, 6.07) is 3.48. The maximum absolute atomic E-state index is 10.8. The Bertz CT molecular complexity index is 245. The van der Waals surface area contributed by atoms with Crippen molar-refractivity contribution in [2.45, 2.75) is 0 Å². The summed E-state index contributed by atoms with van der Waals surface area (Å²) in [5.74, 6) is 0. The first-order chi connectivity index (χ1) is 4.22. The third-order valence-electron chi connectivity index (χ3n) is 1.00. The second kappa shape index (κ2) is 2.31. The van der Waals surface area contributed by atoms with E-state index < -0.39 is 0 Å². The van der Waals surface area contributed by atoms with Gasteiger partial charge in [-0.2, -0.15) is 0 Å². The van der Waals surface area contributed by atoms with Crippen molar-refractivity contribution >= 4 is 15.9 Å². The van der Waals surface area contributed by atoms with E-state index in [1.165, 1.54) is 4.68 Å². The summed E-state index contributed by atoms with van der Waals surface area (Å²) < 4.78 is 2.71. The van der Waals surface area contributed by atoms with Crippen molar-refractivity contribution < 1.29 is 4.54 Å². The van der Waals surface area contributed by atoms with Gasteiger partial charge in [0.05, 0.1) is 18.2 Å². The molecule has 0 amide bonds. The average molecular weight is 190 g/mol. The molecule has 1 rings (SSSR count). The van der Waals surface area contributed by atoms with E-state index in [0.717, 1.165) is 4.54 Å². The smallest absolute Gasteiger partial charge is 0.112 e. The van der Waals surface area contributed by atoms with Gasteiger partial charge in [-0.3, -0.25) is 0 Å². The molecule has 1 aromatic rings. The number of aryl methyl sites for hydroxylation is 1. The maximum atomic E-state index is 10.8. The Hall–Kier alpha value is -0.640. The monoisotopic (exact) mass is 189 g/mol. The van der Waals surface area contributed by atoms with Crippen molar-refractivity contribution in [1.29, 1.82) is 0 Å². The molecule has 0 radical (unpaired) electrons. The Morgan fingerprint density at radius 1 is 1.78 bits per heavy atom. The summed E-state index contributed by atoms with van der Waals surface area (Å²) in [7, 11) is 1.68. The van der Waals surface area contributed by atoms with Gasteiger partial charge in [0.15, 0.2) is 4.54 Å². The molecule has 0 aromatic carbocycles. The number of halogens is 1. The van der Waals surface area contributed by atoms with Crippen molar-refractivity contribution in [3.63, 3.8) is 0 Å². The third kappa shape index (κ3) is 1.18. The van der Waals surface area contributed by atoms with Crippen molar-refractivity contribution in [2.24, 2.45) is 7.05 Å². The van der Waals surface area contributed by atoms with E-state index in [2.05, 4.69) is 15.9 Å². The zero-order chi connectivity index (χ0) is 6.85. The molecule has 0 spiro atoms. The summed E-state index contributed by atoms with van der Waals surface area (Å²) in [5, 5.41) is 0. The highest BCUT2D eigenvalue weighted by atomic mass is 79.9. The number of aromatic nitrogens is 2. The molecule has 1 heterocycles. The van der Waals surface area contributed by atoms with Gasteiger partial charge in [-0.25, -0.2) is 0 Å². The van der Waals surface area contributed by atoms with Crippen LogP contribution in [0.3, 0.4) is 0 Å². The third-order valence-corrected chi connectivity index (χ3v) is 1.57. The molecule has 0 aliphatic rings. The molecule has 9 heavy (non-hydrogen) atoms. The van der Waals surface area contributed by atoms with Gasteiger partial charge < -0.3 is 0 Å². The molecule has 0 saturated carbocycles. The molecule has 48 valence electrons. The van der Waals surface area contributed by atoms with Crippen LogP contribution in [-0.2, 0) is 7.05 Å². The van der Waals surface area contributed by atoms with E-state index in [4.69, 9.17) is 0 Å². The predicted molar refractivity (Wildman–Crippen MR) is 36.5 cm³/mol. The van der Waals surface area contributed by atoms with Gasteiger partial charge in [-0.15, -0.1) is 4.68 Å². The second-order valence-corrected chi connectivity index (χ2v) is 2.49. The zero-order valence-electron chi connectivity index (χ0n) is 4.91. The molecule has 3 nitrogen and oxygen atoms in total. The van der Waals surface area contributed by atoms with E-state index >= 15 is 0 Å². The van der Waals surface area contributed by atoms with E-state index in [1.54, 1.807) is 25.4 Å². The minimum Gasteiger partial charge on any atom is -0.112 e. The standard InChI is InChI=1S/C5H6BrN2O/c1-7-4-2-3-5(6)8(7)9/h2-4H,1H3/q+1. The van der Waals surface area contributed by atoms with Gasteiger partial charge in [-0.1, -0.05) is 0 Å². The van der Waals surface area contributed by atoms with E-state index in [1.807, 2.05) is 0 Å². The number of rotatable bonds is 0. The molecule has 4 heteroatoms. The lowest BCUT2D eigenvalue weighted by Crippen LogP contribution is -2.28. The Morgan fingerprint density at radius 2 is 2.44 bits per heavy atom. The Morgan fingerprint density at radius 3 is 2.89 bits per heavy atom. The quantitative estimate of drug-likeness (QED) is 0.553. The van der Waals surface area contributed by atoms with Crippen molar-refractivity contribution in [3.05, 3.63) is 27.8 Å². The van der Waals surface area contributed by atoms with Crippen LogP contribution in [0.15, 0.2) is 22.9 Å². The van der Waals surface area contributed by atoms with Gasteiger partial charge >= 0.3 is 4.60 Å². The SMILES string of the molecule is Cn1cccc(Br)[n+]1=O. The van der Waals surface area contributed by atoms with Crippen molar-refractivity contribution in [2.75, 3.05) is 0 Å². The summed E-state index contributed by atoms with van der Waals surface area (Å²) in [4.78, 5) is 10.8. The first-order valence-electron chi connectivity index (χ1n) is 2.46. The summed E-state index contributed by atoms with van der Waals surface area (Å²) >= 11 is 3.08. The maximum Gasteiger partial charge on any atom is 0.333 e. The first-order valence-corrected chi connectivity index (χ1v) is 3.25. The van der Waals surface area contributed by atoms with E-state index in [-0.39, 0.29) is 0 Å². The van der Waals surface area contributed by atoms with Gasteiger partial charge in [0.1, 0.15) is 0 Å². The molecule has 0 fully saturated rings. The fourth-order valence-corrected chi connectivity index (χ4v) is 0.925. The van der Waals surface area contributed by atoms with Gasteiger partial charge in [0.2, 0.25) is 0 Å². The van der Waals surface area contributed by atoms with Crippen LogP contribution in [0.4, 0.5) is 0 Å². The van der Waals surface area contributed by atoms with Gasteiger partial charge in [0, 0.05) is 22.0 Å². The average Bonchev–Trinajstić information content (AvgIpc) is 1.83. The molecule has 0 unspecified atom stereocenters. The van der Waals surface area contributed by atoms with Crippen LogP contribution in [0.25, 0.3) is 0 Å². The largest absolute Gasteiger partial charge is 0.333 e.